The lowest BCUT2D eigenvalue weighted by Crippen LogP contribution is -2.20. The van der Waals surface area contributed by atoms with Gasteiger partial charge in [-0.2, -0.15) is 8.78 Å². The largest absolute Gasteiger partial charge is 0.573 e. The molecule has 1 amide bonds. The van der Waals surface area contributed by atoms with E-state index in [1.165, 1.54) is 43.3 Å². The predicted molar refractivity (Wildman–Crippen MR) is 120 cm³/mol. The summed E-state index contributed by atoms with van der Waals surface area (Å²) < 4.78 is 78.0. The van der Waals surface area contributed by atoms with Gasteiger partial charge in [0, 0.05) is 32.8 Å². The smallest absolute Gasteiger partial charge is 0.488 e. The highest BCUT2D eigenvalue weighted by Gasteiger charge is 2.32. The van der Waals surface area contributed by atoms with E-state index < -0.39 is 18.4 Å². The van der Waals surface area contributed by atoms with Gasteiger partial charge in [-0.3, -0.25) is 9.59 Å². The Bertz CT molecular complexity index is 1080. The molecule has 1 fully saturated rings. The fraction of sp³-hybridized carbons (Fsp3) is 0.440. The van der Waals surface area contributed by atoms with Crippen molar-refractivity contribution in [2.75, 3.05) is 5.32 Å². The van der Waals surface area contributed by atoms with Gasteiger partial charge in [-0.15, -0.1) is 13.2 Å². The molecule has 196 valence electrons. The van der Waals surface area contributed by atoms with Gasteiger partial charge in [0.05, 0.1) is 11.8 Å². The Morgan fingerprint density at radius 1 is 1.00 bits per heavy atom. The monoisotopic (exact) mass is 515 g/mol. The van der Waals surface area contributed by atoms with Crippen molar-refractivity contribution in [3.8, 4) is 17.2 Å². The van der Waals surface area contributed by atoms with Gasteiger partial charge >= 0.3 is 12.5 Å². The number of rotatable bonds is 10. The Morgan fingerprint density at radius 3 is 2.39 bits per heavy atom. The average molecular weight is 515 g/mol. The molecule has 1 aliphatic rings. The zero-order chi connectivity index (χ0) is 26.5. The summed E-state index contributed by atoms with van der Waals surface area (Å²) in [6.07, 6.45) is -6.37. The van der Waals surface area contributed by atoms with E-state index in [0.717, 1.165) is 0 Å². The number of carbonyl (C=O) groups excluding carboxylic acids is 2. The summed E-state index contributed by atoms with van der Waals surface area (Å²) in [5.41, 5.74) is 0.609. The third-order valence-corrected chi connectivity index (χ3v) is 5.40. The number of nitrogens with one attached hydrogen (secondary N) is 1. The number of alkyl halides is 5. The Labute approximate surface area is 204 Å². The first-order valence-corrected chi connectivity index (χ1v) is 11.3. The second-order valence-electron chi connectivity index (χ2n) is 8.78. The van der Waals surface area contributed by atoms with E-state index in [2.05, 4.69) is 14.8 Å². The van der Waals surface area contributed by atoms with E-state index >= 15 is 0 Å². The molecule has 0 bridgehead atoms. The molecule has 0 aromatic heterocycles. The van der Waals surface area contributed by atoms with E-state index in [0.29, 0.717) is 31.7 Å². The maximum absolute atomic E-state index is 13.2. The van der Waals surface area contributed by atoms with Crippen LogP contribution in [0.25, 0.3) is 0 Å². The first-order chi connectivity index (χ1) is 16.8. The highest BCUT2D eigenvalue weighted by molar-refractivity contribution is 5.90. The van der Waals surface area contributed by atoms with Crippen molar-refractivity contribution < 1.29 is 45.8 Å². The average Bonchev–Trinajstić information content (AvgIpc) is 3.14. The number of benzene rings is 2. The quantitative estimate of drug-likeness (QED) is 0.377. The van der Waals surface area contributed by atoms with Gasteiger partial charge in [-0.1, -0.05) is 12.1 Å². The van der Waals surface area contributed by atoms with Crippen LogP contribution in [0.5, 0.6) is 17.2 Å². The van der Waals surface area contributed by atoms with Crippen LogP contribution in [0.1, 0.15) is 45.1 Å². The molecule has 0 heterocycles. The molecule has 2 aromatic rings. The Balaban J connectivity index is 1.57. The van der Waals surface area contributed by atoms with Crippen molar-refractivity contribution in [3.05, 3.63) is 48.0 Å². The molecule has 0 aliphatic heterocycles. The molecule has 0 radical (unpaired) electrons. The van der Waals surface area contributed by atoms with Gasteiger partial charge in [0.1, 0.15) is 23.0 Å². The minimum Gasteiger partial charge on any atom is -0.488 e. The van der Waals surface area contributed by atoms with Crippen LogP contribution in [-0.2, 0) is 16.0 Å². The Morgan fingerprint density at radius 2 is 1.72 bits per heavy atom. The zero-order valence-corrected chi connectivity index (χ0v) is 19.7. The lowest BCUT2D eigenvalue weighted by Gasteiger charge is -2.19. The zero-order valence-electron chi connectivity index (χ0n) is 19.7. The third-order valence-electron chi connectivity index (χ3n) is 5.40. The number of hydrogen-bond acceptors (Lipinski definition) is 5. The van der Waals surface area contributed by atoms with E-state index in [4.69, 9.17) is 4.74 Å². The molecule has 6 nitrogen and oxygen atoms in total. The SMILES string of the molecule is CC(=O)Nc1cc(OC(C)(F)F)ccc1OC1CCC(CC(=O)Cc2cccc(OC(F)(F)F)c2)C1. The molecule has 1 aliphatic carbocycles. The molecular formula is C25H26F5NO5. The summed E-state index contributed by atoms with van der Waals surface area (Å²) in [5, 5.41) is 2.54. The van der Waals surface area contributed by atoms with Gasteiger partial charge in [0.25, 0.3) is 0 Å². The van der Waals surface area contributed by atoms with Gasteiger partial charge in [0.15, 0.2) is 0 Å². The second-order valence-corrected chi connectivity index (χ2v) is 8.78. The maximum atomic E-state index is 13.2. The lowest BCUT2D eigenvalue weighted by atomic mass is 9.97. The standard InChI is InChI=1S/C25H26F5NO5/c1-15(32)31-22-14-21(35-24(2,26)27)8-9-23(22)34-19-7-6-17(12-19)11-18(33)10-16-4-3-5-20(13-16)36-25(28,29)30/h3-5,8-9,13-14,17,19H,6-7,10-12H2,1-2H3,(H,31,32). The Hall–Kier alpha value is -3.37. The van der Waals surface area contributed by atoms with Crippen molar-refractivity contribution in [2.24, 2.45) is 5.92 Å². The van der Waals surface area contributed by atoms with Crippen LogP contribution in [0.3, 0.4) is 0 Å². The van der Waals surface area contributed by atoms with Crippen molar-refractivity contribution in [1.82, 2.24) is 0 Å². The van der Waals surface area contributed by atoms with Crippen molar-refractivity contribution in [3.63, 3.8) is 0 Å². The van der Waals surface area contributed by atoms with Gasteiger partial charge in [-0.25, -0.2) is 0 Å². The van der Waals surface area contributed by atoms with E-state index in [1.54, 1.807) is 6.07 Å². The molecule has 1 N–H and O–H groups in total. The maximum Gasteiger partial charge on any atom is 0.573 e. The number of anilines is 1. The summed E-state index contributed by atoms with van der Waals surface area (Å²) in [6, 6.07) is 9.31. The number of amides is 1. The number of hydrogen-bond donors (Lipinski definition) is 1. The first-order valence-electron chi connectivity index (χ1n) is 11.3. The van der Waals surface area contributed by atoms with Crippen LogP contribution < -0.4 is 19.5 Å². The first kappa shape index (κ1) is 27.2. The number of carbonyl (C=O) groups is 2. The van der Waals surface area contributed by atoms with Crippen molar-refractivity contribution >= 4 is 17.4 Å². The van der Waals surface area contributed by atoms with E-state index in [9.17, 15) is 31.5 Å². The van der Waals surface area contributed by atoms with Crippen molar-refractivity contribution in [1.29, 1.82) is 0 Å². The molecule has 2 unspecified atom stereocenters. The van der Waals surface area contributed by atoms with Crippen LogP contribution in [0.2, 0.25) is 0 Å². The fourth-order valence-electron chi connectivity index (χ4n) is 4.15. The molecule has 11 heteroatoms. The molecular weight excluding hydrogens is 489 g/mol. The van der Waals surface area contributed by atoms with Crippen LogP contribution in [0.15, 0.2) is 42.5 Å². The molecule has 2 aromatic carbocycles. The summed E-state index contributed by atoms with van der Waals surface area (Å²) in [6.45, 7) is 1.87. The number of halogens is 5. The number of ketones is 1. The molecule has 1 saturated carbocycles. The van der Waals surface area contributed by atoms with Crippen LogP contribution >= 0.6 is 0 Å². The fourth-order valence-corrected chi connectivity index (χ4v) is 4.15. The molecule has 0 spiro atoms. The van der Waals surface area contributed by atoms with Gasteiger partial charge < -0.3 is 19.5 Å². The summed E-state index contributed by atoms with van der Waals surface area (Å²) in [5.74, 6) is -0.752. The normalized spacial score (nSPS) is 18.0. The molecule has 0 saturated heterocycles. The number of ether oxygens (including phenoxy) is 3. The molecule has 3 rings (SSSR count). The second kappa shape index (κ2) is 11.1. The summed E-state index contributed by atoms with van der Waals surface area (Å²) in [4.78, 5) is 24.1. The van der Waals surface area contributed by atoms with Crippen LogP contribution in [0, 0.1) is 5.92 Å². The Kier molecular flexibility index (Phi) is 8.42. The van der Waals surface area contributed by atoms with Crippen LogP contribution in [-0.4, -0.2) is 30.3 Å². The number of Topliss-reactive ketones (excluding diaryl/α,β-unsaturated/α-hetero) is 1. The molecule has 36 heavy (non-hydrogen) atoms. The van der Waals surface area contributed by atoms with Gasteiger partial charge in [-0.05, 0) is 55.0 Å². The van der Waals surface area contributed by atoms with Crippen LogP contribution in [0.4, 0.5) is 27.6 Å². The topological polar surface area (TPSA) is 73.9 Å². The molecule has 2 atom stereocenters. The lowest BCUT2D eigenvalue weighted by molar-refractivity contribution is -0.274. The summed E-state index contributed by atoms with van der Waals surface area (Å²) in [7, 11) is 0. The van der Waals surface area contributed by atoms with Gasteiger partial charge in [0.2, 0.25) is 5.91 Å². The highest BCUT2D eigenvalue weighted by Crippen LogP contribution is 2.37. The third kappa shape index (κ3) is 9.01. The summed E-state index contributed by atoms with van der Waals surface area (Å²) >= 11 is 0. The van der Waals surface area contributed by atoms with E-state index in [-0.39, 0.29) is 53.6 Å². The minimum absolute atomic E-state index is 0.0164. The van der Waals surface area contributed by atoms with E-state index in [1.807, 2.05) is 0 Å². The predicted octanol–water partition coefficient (Wildman–Crippen LogP) is 6.28. The van der Waals surface area contributed by atoms with Crippen molar-refractivity contribution in [2.45, 2.75) is 64.5 Å². The minimum atomic E-state index is -4.81. The highest BCUT2D eigenvalue weighted by atomic mass is 19.4.